The SMILES string of the molecule is C=Cc1ccc(COCCCCCCCCCCCCOc2ccc(C=CC(=O)c3ccc(F)cc3)cc2)cc1. The van der Waals surface area contributed by atoms with Gasteiger partial charge in [-0.25, -0.2) is 4.39 Å². The molecule has 0 unspecified atom stereocenters. The molecule has 0 spiro atoms. The van der Waals surface area contributed by atoms with E-state index in [1.165, 1.54) is 87.3 Å². The number of carbonyl (C=O) groups is 1. The Kier molecular flexibility index (Phi) is 14.5. The van der Waals surface area contributed by atoms with Crippen molar-refractivity contribution >= 4 is 17.9 Å². The van der Waals surface area contributed by atoms with Crippen LogP contribution in [0.2, 0.25) is 0 Å². The number of hydrogen-bond acceptors (Lipinski definition) is 3. The quantitative estimate of drug-likeness (QED) is 0.0810. The van der Waals surface area contributed by atoms with Gasteiger partial charge in [0.1, 0.15) is 11.6 Å². The first-order valence-electron chi connectivity index (χ1n) is 14.6. The fourth-order valence-electron chi connectivity index (χ4n) is 4.41. The smallest absolute Gasteiger partial charge is 0.185 e. The summed E-state index contributed by atoms with van der Waals surface area (Å²) >= 11 is 0. The second-order valence-corrected chi connectivity index (χ2v) is 10.2. The first-order valence-corrected chi connectivity index (χ1v) is 14.6. The molecule has 3 aromatic rings. The molecule has 0 amide bonds. The van der Waals surface area contributed by atoms with Gasteiger partial charge in [0.2, 0.25) is 0 Å². The monoisotopic (exact) mass is 542 g/mol. The van der Waals surface area contributed by atoms with Crippen molar-refractivity contribution in [1.82, 2.24) is 0 Å². The zero-order valence-corrected chi connectivity index (χ0v) is 23.7. The van der Waals surface area contributed by atoms with E-state index in [2.05, 4.69) is 30.8 Å². The van der Waals surface area contributed by atoms with Crippen LogP contribution in [0, 0.1) is 5.82 Å². The molecule has 212 valence electrons. The Balaban J connectivity index is 1.11. The fourth-order valence-corrected chi connectivity index (χ4v) is 4.41. The number of unbranched alkanes of at least 4 members (excludes halogenated alkanes) is 9. The largest absolute Gasteiger partial charge is 0.494 e. The van der Waals surface area contributed by atoms with Gasteiger partial charge in [-0.15, -0.1) is 0 Å². The van der Waals surface area contributed by atoms with Gasteiger partial charge in [0.15, 0.2) is 5.78 Å². The topological polar surface area (TPSA) is 35.5 Å². The Morgan fingerprint density at radius 3 is 1.82 bits per heavy atom. The molecular formula is C36H43FO3. The van der Waals surface area contributed by atoms with Crippen LogP contribution in [0.4, 0.5) is 4.39 Å². The van der Waals surface area contributed by atoms with Crippen LogP contribution in [-0.4, -0.2) is 19.0 Å². The molecule has 0 N–H and O–H groups in total. The zero-order chi connectivity index (χ0) is 28.3. The van der Waals surface area contributed by atoms with E-state index in [-0.39, 0.29) is 11.6 Å². The van der Waals surface area contributed by atoms with Gasteiger partial charge in [0.05, 0.1) is 13.2 Å². The van der Waals surface area contributed by atoms with Gasteiger partial charge in [-0.3, -0.25) is 4.79 Å². The van der Waals surface area contributed by atoms with Gasteiger partial charge in [0, 0.05) is 12.2 Å². The molecule has 3 aromatic carbocycles. The predicted molar refractivity (Wildman–Crippen MR) is 164 cm³/mol. The third kappa shape index (κ3) is 12.6. The molecule has 0 radical (unpaired) electrons. The van der Waals surface area contributed by atoms with Gasteiger partial charge in [-0.1, -0.05) is 106 Å². The Morgan fingerprint density at radius 2 is 1.23 bits per heavy atom. The van der Waals surface area contributed by atoms with Crippen LogP contribution in [0.15, 0.2) is 85.5 Å². The van der Waals surface area contributed by atoms with Crippen molar-refractivity contribution in [3.05, 3.63) is 114 Å². The summed E-state index contributed by atoms with van der Waals surface area (Å²) < 4.78 is 24.7. The van der Waals surface area contributed by atoms with Crippen molar-refractivity contribution in [3.63, 3.8) is 0 Å². The molecule has 0 aliphatic rings. The van der Waals surface area contributed by atoms with Crippen molar-refractivity contribution in [3.8, 4) is 5.75 Å². The minimum absolute atomic E-state index is 0.149. The highest BCUT2D eigenvalue weighted by Gasteiger charge is 2.02. The highest BCUT2D eigenvalue weighted by molar-refractivity contribution is 6.06. The van der Waals surface area contributed by atoms with Crippen LogP contribution in [0.5, 0.6) is 5.75 Å². The molecule has 40 heavy (non-hydrogen) atoms. The number of halogens is 1. The molecule has 0 bridgehead atoms. The van der Waals surface area contributed by atoms with Gasteiger partial charge in [-0.2, -0.15) is 0 Å². The van der Waals surface area contributed by atoms with Crippen LogP contribution in [0.3, 0.4) is 0 Å². The maximum Gasteiger partial charge on any atom is 0.185 e. The molecule has 0 saturated carbocycles. The van der Waals surface area contributed by atoms with E-state index in [0.717, 1.165) is 42.9 Å². The van der Waals surface area contributed by atoms with Crippen molar-refractivity contribution in [2.24, 2.45) is 0 Å². The second kappa shape index (κ2) is 18.7. The van der Waals surface area contributed by atoms with Crippen molar-refractivity contribution in [2.45, 2.75) is 70.8 Å². The Hall–Kier alpha value is -3.50. The summed E-state index contributed by atoms with van der Waals surface area (Å²) in [6.07, 6.45) is 17.6. The van der Waals surface area contributed by atoms with Crippen molar-refractivity contribution < 1.29 is 18.7 Å². The van der Waals surface area contributed by atoms with Crippen LogP contribution in [-0.2, 0) is 11.3 Å². The molecule has 0 saturated heterocycles. The van der Waals surface area contributed by atoms with Crippen LogP contribution in [0.1, 0.15) is 91.3 Å². The molecule has 0 aromatic heterocycles. The minimum atomic E-state index is -0.349. The van der Waals surface area contributed by atoms with E-state index in [1.54, 1.807) is 6.08 Å². The van der Waals surface area contributed by atoms with Crippen LogP contribution in [0.25, 0.3) is 12.2 Å². The number of rotatable bonds is 20. The van der Waals surface area contributed by atoms with E-state index in [0.29, 0.717) is 12.2 Å². The number of ether oxygens (including phenoxy) is 2. The molecule has 0 atom stereocenters. The average Bonchev–Trinajstić information content (AvgIpc) is 2.99. The summed E-state index contributed by atoms with van der Waals surface area (Å²) in [5, 5.41) is 0. The number of carbonyl (C=O) groups excluding carboxylic acids is 1. The standard InChI is InChI=1S/C36H43FO3/c1-2-30-13-15-32(16-14-30)29-39-27-11-9-7-5-3-4-6-8-10-12-28-40-35-24-17-31(18-25-35)19-26-36(38)33-20-22-34(37)23-21-33/h2,13-26H,1,3-12,27-29H2. The lowest BCUT2D eigenvalue weighted by atomic mass is 10.1. The molecule has 3 rings (SSSR count). The number of benzene rings is 3. The fraction of sp³-hybridized carbons (Fsp3) is 0.361. The van der Waals surface area contributed by atoms with Crippen molar-refractivity contribution in [2.75, 3.05) is 13.2 Å². The number of ketones is 1. The highest BCUT2D eigenvalue weighted by Crippen LogP contribution is 2.16. The zero-order valence-electron chi connectivity index (χ0n) is 23.7. The van der Waals surface area contributed by atoms with Gasteiger partial charge in [-0.05, 0) is 72.0 Å². The van der Waals surface area contributed by atoms with Gasteiger partial charge >= 0.3 is 0 Å². The summed E-state index contributed by atoms with van der Waals surface area (Å²) in [5.41, 5.74) is 3.75. The summed E-state index contributed by atoms with van der Waals surface area (Å²) in [7, 11) is 0. The number of hydrogen-bond donors (Lipinski definition) is 0. The van der Waals surface area contributed by atoms with Gasteiger partial charge in [0.25, 0.3) is 0 Å². The summed E-state index contributed by atoms with van der Waals surface area (Å²) in [5.74, 6) is 0.344. The van der Waals surface area contributed by atoms with Crippen LogP contribution >= 0.6 is 0 Å². The molecular weight excluding hydrogens is 499 g/mol. The second-order valence-electron chi connectivity index (χ2n) is 10.2. The predicted octanol–water partition coefficient (Wildman–Crippen LogP) is 9.86. The minimum Gasteiger partial charge on any atom is -0.494 e. The molecule has 0 aliphatic heterocycles. The molecule has 3 nitrogen and oxygen atoms in total. The summed E-state index contributed by atoms with van der Waals surface area (Å²) in [4.78, 5) is 12.2. The Morgan fingerprint density at radius 1 is 0.675 bits per heavy atom. The maximum atomic E-state index is 13.0. The normalized spacial score (nSPS) is 11.1. The third-order valence-corrected chi connectivity index (χ3v) is 6.87. The molecule has 0 fully saturated rings. The highest BCUT2D eigenvalue weighted by atomic mass is 19.1. The van der Waals surface area contributed by atoms with Crippen LogP contribution < -0.4 is 4.74 Å². The lowest BCUT2D eigenvalue weighted by Gasteiger charge is -2.07. The lowest BCUT2D eigenvalue weighted by molar-refractivity contribution is 0.104. The van der Waals surface area contributed by atoms with Gasteiger partial charge < -0.3 is 9.47 Å². The van der Waals surface area contributed by atoms with E-state index < -0.39 is 0 Å². The lowest BCUT2D eigenvalue weighted by Crippen LogP contribution is -1.97. The maximum absolute atomic E-state index is 13.0. The third-order valence-electron chi connectivity index (χ3n) is 6.87. The molecule has 4 heteroatoms. The molecule has 0 aliphatic carbocycles. The summed E-state index contributed by atoms with van der Waals surface area (Å²) in [6.45, 7) is 6.03. The Bertz CT molecular complexity index is 1150. The van der Waals surface area contributed by atoms with Crippen molar-refractivity contribution in [1.29, 1.82) is 0 Å². The number of allylic oxidation sites excluding steroid dienone is 1. The Labute approximate surface area is 239 Å². The first kappa shape index (κ1) is 31.0. The van der Waals surface area contributed by atoms with E-state index in [9.17, 15) is 9.18 Å². The average molecular weight is 543 g/mol. The van der Waals surface area contributed by atoms with E-state index in [4.69, 9.17) is 9.47 Å². The molecule has 0 heterocycles. The summed E-state index contributed by atoms with van der Waals surface area (Å²) in [6, 6.07) is 21.6. The first-order chi connectivity index (χ1) is 19.6. The van der Waals surface area contributed by atoms with E-state index in [1.807, 2.05) is 30.3 Å². The van der Waals surface area contributed by atoms with E-state index >= 15 is 0 Å².